The summed E-state index contributed by atoms with van der Waals surface area (Å²) in [5.41, 5.74) is 0.494. The summed E-state index contributed by atoms with van der Waals surface area (Å²) in [6.45, 7) is 0. The SMILES string of the molecule is O=C(c1cnc(Cl)cc1Cl)C1CC1.[Br][Mg][CH]1CC1. The Hall–Kier alpha value is 0.646. The molecule has 94 valence electrons. The normalized spacial score (nSPS) is 17.5. The molecule has 0 saturated heterocycles. The summed E-state index contributed by atoms with van der Waals surface area (Å²) in [6, 6.07) is 1.50. The number of hydrogen-bond acceptors (Lipinski definition) is 2. The third kappa shape index (κ3) is 4.64. The highest BCUT2D eigenvalue weighted by Gasteiger charge is 2.31. The first-order chi connectivity index (χ1) is 8.61. The van der Waals surface area contributed by atoms with Gasteiger partial charge in [0.1, 0.15) is 5.15 Å². The minimum Gasteiger partial charge on any atom is -0.306 e. The van der Waals surface area contributed by atoms with Crippen LogP contribution < -0.4 is 0 Å². The maximum atomic E-state index is 11.6. The maximum absolute atomic E-state index is 11.6. The molecule has 0 bridgehead atoms. The molecule has 2 nitrogen and oxygen atoms in total. The Labute approximate surface area is 132 Å². The molecule has 2 aliphatic carbocycles. The highest BCUT2D eigenvalue weighted by molar-refractivity contribution is 9.23. The zero-order chi connectivity index (χ0) is 13.1. The number of rotatable bonds is 3. The van der Waals surface area contributed by atoms with Gasteiger partial charge >= 0.3 is 18.2 Å². The van der Waals surface area contributed by atoms with Gasteiger partial charge in [0.15, 0.2) is 5.78 Å². The van der Waals surface area contributed by atoms with E-state index in [1.165, 1.54) is 29.2 Å². The molecule has 0 radical (unpaired) electrons. The molecule has 3 rings (SSSR count). The quantitative estimate of drug-likeness (QED) is 0.449. The topological polar surface area (TPSA) is 30.0 Å². The number of ketones is 1. The van der Waals surface area contributed by atoms with Crippen LogP contribution in [0.15, 0.2) is 12.3 Å². The van der Waals surface area contributed by atoms with Crippen molar-refractivity contribution in [2.24, 2.45) is 5.92 Å². The van der Waals surface area contributed by atoms with Crippen LogP contribution in [0.3, 0.4) is 0 Å². The summed E-state index contributed by atoms with van der Waals surface area (Å²) >= 11 is 15.2. The van der Waals surface area contributed by atoms with E-state index in [1.54, 1.807) is 0 Å². The van der Waals surface area contributed by atoms with Crippen molar-refractivity contribution in [2.75, 3.05) is 0 Å². The van der Waals surface area contributed by atoms with E-state index in [-0.39, 0.29) is 29.9 Å². The van der Waals surface area contributed by atoms with Crippen LogP contribution in [0, 0.1) is 5.92 Å². The molecule has 0 aliphatic heterocycles. The fourth-order valence-electron chi connectivity index (χ4n) is 1.43. The molecule has 0 N–H and O–H groups in total. The Balaban J connectivity index is 0.000000202. The highest BCUT2D eigenvalue weighted by atomic mass is 79.9. The number of pyridine rings is 1. The van der Waals surface area contributed by atoms with Gasteiger partial charge in [0.05, 0.1) is 10.6 Å². The molecule has 2 saturated carbocycles. The Morgan fingerprint density at radius 2 is 2.00 bits per heavy atom. The molecule has 1 aromatic heterocycles. The maximum Gasteiger partial charge on any atom is 0.471 e. The van der Waals surface area contributed by atoms with Crippen LogP contribution in [0.1, 0.15) is 36.0 Å². The average molecular weight is 361 g/mol. The average Bonchev–Trinajstić information content (AvgIpc) is 3.19. The Bertz CT molecular complexity index is 450. The Kier molecular flexibility index (Phi) is 5.76. The molecule has 18 heavy (non-hydrogen) atoms. The van der Waals surface area contributed by atoms with Gasteiger partial charge in [-0.05, 0) is 18.9 Å². The van der Waals surface area contributed by atoms with E-state index in [9.17, 15) is 4.79 Å². The van der Waals surface area contributed by atoms with E-state index < -0.39 is 0 Å². The molecule has 0 atom stereocenters. The van der Waals surface area contributed by atoms with E-state index in [2.05, 4.69) is 17.9 Å². The molecule has 2 aliphatic rings. The van der Waals surface area contributed by atoms with Crippen molar-refractivity contribution in [1.29, 1.82) is 0 Å². The summed E-state index contributed by atoms with van der Waals surface area (Å²) in [7, 11) is 0. The number of nitrogens with zero attached hydrogens (tertiary/aromatic N) is 1. The summed E-state index contributed by atoms with van der Waals surface area (Å²) in [6.07, 6.45) is 6.44. The molecule has 2 fully saturated rings. The van der Waals surface area contributed by atoms with Crippen LogP contribution in [0.25, 0.3) is 0 Å². The number of carbonyl (C=O) groups excluding carboxylic acids is 1. The first-order valence-corrected chi connectivity index (χ1v) is 11.5. The van der Waals surface area contributed by atoms with Gasteiger partial charge in [-0.25, -0.2) is 4.98 Å². The van der Waals surface area contributed by atoms with Gasteiger partial charge < -0.3 is 12.9 Å². The number of Topliss-reactive ketones (excluding diaryl/α,β-unsaturated/α-hetero) is 1. The third-order valence-corrected chi connectivity index (χ3v) is 7.47. The van der Waals surface area contributed by atoms with Crippen LogP contribution >= 0.6 is 36.1 Å². The monoisotopic (exact) mass is 359 g/mol. The lowest BCUT2D eigenvalue weighted by Crippen LogP contribution is -2.02. The van der Waals surface area contributed by atoms with E-state index in [0.717, 1.165) is 12.8 Å². The van der Waals surface area contributed by atoms with Gasteiger partial charge in [0.25, 0.3) is 0 Å². The van der Waals surface area contributed by atoms with Crippen molar-refractivity contribution in [1.82, 2.24) is 4.98 Å². The van der Waals surface area contributed by atoms with Crippen LogP contribution in [0.5, 0.6) is 0 Å². The number of carbonyl (C=O) groups is 1. The zero-order valence-corrected chi connectivity index (χ0v) is 14.3. The molecule has 6 heteroatoms. The minimum atomic E-state index is 0.0918. The number of aromatic nitrogens is 1. The molecule has 1 heterocycles. The van der Waals surface area contributed by atoms with Gasteiger partial charge in [0.2, 0.25) is 0 Å². The van der Waals surface area contributed by atoms with Gasteiger partial charge in [-0.15, -0.1) is 4.05 Å². The smallest absolute Gasteiger partial charge is 0.306 e. The first-order valence-electron chi connectivity index (χ1n) is 6.03. The second-order valence-electron chi connectivity index (χ2n) is 4.72. The molecule has 0 unspecified atom stereocenters. The van der Waals surface area contributed by atoms with Crippen molar-refractivity contribution < 1.29 is 4.79 Å². The fourth-order valence-corrected chi connectivity index (χ4v) is 4.37. The third-order valence-electron chi connectivity index (χ3n) is 2.95. The minimum absolute atomic E-state index is 0.0918. The van der Waals surface area contributed by atoms with Crippen molar-refractivity contribution in [2.45, 2.75) is 29.7 Å². The molecule has 0 amide bonds. The van der Waals surface area contributed by atoms with E-state index in [4.69, 9.17) is 23.2 Å². The molecule has 0 aromatic carbocycles. The second-order valence-corrected chi connectivity index (χ2v) is 8.92. The molecular weight excluding hydrogens is 349 g/mol. The highest BCUT2D eigenvalue weighted by Crippen LogP contribution is 2.36. The van der Waals surface area contributed by atoms with E-state index in [0.29, 0.717) is 15.7 Å². The predicted molar refractivity (Wildman–Crippen MR) is 79.0 cm³/mol. The number of hydrogen-bond donors (Lipinski definition) is 0. The fraction of sp³-hybridized carbons (Fsp3) is 0.500. The summed E-state index contributed by atoms with van der Waals surface area (Å²) < 4.78 is 1.19. The molecule has 1 aromatic rings. The van der Waals surface area contributed by atoms with Crippen LogP contribution in [-0.2, 0) is 0 Å². The molecular formula is C12H12BrCl2MgNO. The van der Waals surface area contributed by atoms with Crippen LogP contribution in [-0.4, -0.2) is 29.0 Å². The Morgan fingerprint density at radius 3 is 2.39 bits per heavy atom. The number of halogens is 3. The predicted octanol–water partition coefficient (Wildman–Crippen LogP) is 4.56. The zero-order valence-electron chi connectivity index (χ0n) is 9.83. The second kappa shape index (κ2) is 6.89. The summed E-state index contributed by atoms with van der Waals surface area (Å²) in [5, 5.41) is 0.717. The van der Waals surface area contributed by atoms with Crippen molar-refractivity contribution in [3.05, 3.63) is 28.0 Å². The van der Waals surface area contributed by atoms with Crippen LogP contribution in [0.4, 0.5) is 0 Å². The van der Waals surface area contributed by atoms with Crippen molar-refractivity contribution in [3.63, 3.8) is 0 Å². The first kappa shape index (κ1) is 15.0. The largest absolute Gasteiger partial charge is 0.471 e. The van der Waals surface area contributed by atoms with Crippen LogP contribution in [0.2, 0.25) is 14.2 Å². The standard InChI is InChI=1S/C9H7Cl2NO.C3H5.BrH.Mg/c10-7-3-8(11)12-4-6(7)9(13)5-1-2-5;1-2-3-1;;/h3-5H,1-2H2;1H,2-3H2;1H;/q;;;+1/p-1. The lowest BCUT2D eigenvalue weighted by atomic mass is 10.1. The lowest BCUT2D eigenvalue weighted by molar-refractivity contribution is 0.0967. The van der Waals surface area contributed by atoms with Gasteiger partial charge in [-0.1, -0.05) is 36.0 Å². The Morgan fingerprint density at radius 1 is 1.33 bits per heavy atom. The van der Waals surface area contributed by atoms with Gasteiger partial charge in [-0.2, -0.15) is 0 Å². The van der Waals surface area contributed by atoms with Gasteiger partial charge in [0, 0.05) is 12.1 Å². The molecule has 0 spiro atoms. The van der Waals surface area contributed by atoms with Crippen molar-refractivity contribution in [3.8, 4) is 0 Å². The van der Waals surface area contributed by atoms with E-state index in [1.807, 2.05) is 0 Å². The summed E-state index contributed by atoms with van der Waals surface area (Å²) in [5.74, 6) is 0.259. The van der Waals surface area contributed by atoms with E-state index >= 15 is 0 Å². The van der Waals surface area contributed by atoms with Gasteiger partial charge in [-0.3, -0.25) is 4.79 Å². The van der Waals surface area contributed by atoms with Crippen molar-refractivity contribution >= 4 is 60.1 Å². The summed E-state index contributed by atoms with van der Waals surface area (Å²) in [4.78, 5) is 15.4. The lowest BCUT2D eigenvalue weighted by Gasteiger charge is -2.00.